The zero-order valence-electron chi connectivity index (χ0n) is 14.2. The molecule has 0 saturated heterocycles. The van der Waals surface area contributed by atoms with E-state index in [-0.39, 0.29) is 12.3 Å². The highest BCUT2D eigenvalue weighted by molar-refractivity contribution is 5.95. The van der Waals surface area contributed by atoms with Crippen LogP contribution in [0.3, 0.4) is 0 Å². The summed E-state index contributed by atoms with van der Waals surface area (Å²) >= 11 is 0. The molecule has 1 aromatic carbocycles. The Balaban J connectivity index is 1.90. The number of methoxy groups -OCH3 is 2. The molecule has 0 amide bonds. The number of ketones is 1. The Labute approximate surface area is 146 Å². The summed E-state index contributed by atoms with van der Waals surface area (Å²) in [5.74, 6) is 1.12. The number of aromatic nitrogens is 2. The Morgan fingerprint density at radius 1 is 1.00 bits per heavy atom. The molecule has 0 radical (unpaired) electrons. The number of nitrogens with zero attached hydrogens (tertiary/aromatic N) is 2. The third-order valence-electron chi connectivity index (χ3n) is 3.89. The van der Waals surface area contributed by atoms with Crippen LogP contribution in [-0.4, -0.2) is 25.0 Å². The van der Waals surface area contributed by atoms with Crippen LogP contribution >= 0.6 is 0 Å². The lowest BCUT2D eigenvalue weighted by atomic mass is 10.1. The van der Waals surface area contributed by atoms with E-state index in [0.717, 1.165) is 11.4 Å². The largest absolute Gasteiger partial charge is 0.493 e. The van der Waals surface area contributed by atoms with Gasteiger partial charge in [0.15, 0.2) is 17.7 Å². The quantitative estimate of drug-likeness (QED) is 0.513. The van der Waals surface area contributed by atoms with Crippen LogP contribution in [0.15, 0.2) is 67.0 Å². The van der Waals surface area contributed by atoms with E-state index < -0.39 is 0 Å². The lowest BCUT2D eigenvalue weighted by Gasteiger charge is -2.08. The first-order valence-electron chi connectivity index (χ1n) is 7.88. The SMILES string of the molecule is COc1ccc(C(=O)C[n+]2ccccc2-c2ccccn2)cc1OC. The second-order valence-corrected chi connectivity index (χ2v) is 5.42. The molecule has 0 bridgehead atoms. The Morgan fingerprint density at radius 3 is 2.52 bits per heavy atom. The lowest BCUT2D eigenvalue weighted by molar-refractivity contribution is -0.672. The average molecular weight is 335 g/mol. The molecule has 0 saturated carbocycles. The maximum Gasteiger partial charge on any atom is 0.231 e. The number of rotatable bonds is 6. The predicted octanol–water partition coefficient (Wildman–Crippen LogP) is 2.94. The van der Waals surface area contributed by atoms with Crippen molar-refractivity contribution in [3.8, 4) is 22.9 Å². The number of pyridine rings is 2. The van der Waals surface area contributed by atoms with E-state index in [9.17, 15) is 4.79 Å². The first kappa shape index (κ1) is 16.6. The van der Waals surface area contributed by atoms with E-state index in [0.29, 0.717) is 17.1 Å². The summed E-state index contributed by atoms with van der Waals surface area (Å²) in [6.07, 6.45) is 3.62. The highest BCUT2D eigenvalue weighted by atomic mass is 16.5. The molecule has 0 aliphatic heterocycles. The summed E-state index contributed by atoms with van der Waals surface area (Å²) in [4.78, 5) is 17.1. The smallest absolute Gasteiger partial charge is 0.231 e. The second-order valence-electron chi connectivity index (χ2n) is 5.42. The number of hydrogen-bond donors (Lipinski definition) is 0. The Bertz CT molecular complexity index is 879. The van der Waals surface area contributed by atoms with Crippen molar-refractivity contribution >= 4 is 5.78 Å². The number of hydrogen-bond acceptors (Lipinski definition) is 4. The third-order valence-corrected chi connectivity index (χ3v) is 3.89. The van der Waals surface area contributed by atoms with Gasteiger partial charge in [-0.3, -0.25) is 4.79 Å². The molecule has 0 aliphatic carbocycles. The van der Waals surface area contributed by atoms with Gasteiger partial charge < -0.3 is 9.47 Å². The molecule has 0 spiro atoms. The molecule has 0 N–H and O–H groups in total. The zero-order valence-corrected chi connectivity index (χ0v) is 14.2. The Morgan fingerprint density at radius 2 is 1.80 bits per heavy atom. The molecule has 25 heavy (non-hydrogen) atoms. The Kier molecular flexibility index (Phi) is 5.04. The normalized spacial score (nSPS) is 10.3. The van der Waals surface area contributed by atoms with Gasteiger partial charge in [0.1, 0.15) is 5.69 Å². The summed E-state index contributed by atoms with van der Waals surface area (Å²) < 4.78 is 12.4. The minimum absolute atomic E-state index is 0.0191. The van der Waals surface area contributed by atoms with Crippen LogP contribution in [0.4, 0.5) is 0 Å². The molecule has 0 aliphatic rings. The van der Waals surface area contributed by atoms with E-state index in [1.807, 2.05) is 47.2 Å². The van der Waals surface area contributed by atoms with Crippen LogP contribution in [0.1, 0.15) is 10.4 Å². The van der Waals surface area contributed by atoms with Gasteiger partial charge in [-0.1, -0.05) is 6.07 Å². The van der Waals surface area contributed by atoms with Gasteiger partial charge >= 0.3 is 0 Å². The molecule has 126 valence electrons. The van der Waals surface area contributed by atoms with Crippen LogP contribution < -0.4 is 14.0 Å². The van der Waals surface area contributed by atoms with E-state index >= 15 is 0 Å². The molecule has 5 heteroatoms. The lowest BCUT2D eigenvalue weighted by Crippen LogP contribution is -2.39. The summed E-state index contributed by atoms with van der Waals surface area (Å²) in [5.41, 5.74) is 2.28. The van der Waals surface area contributed by atoms with E-state index in [1.54, 1.807) is 38.6 Å². The highest BCUT2D eigenvalue weighted by Gasteiger charge is 2.19. The number of benzene rings is 1. The first-order chi connectivity index (χ1) is 12.2. The Hall–Kier alpha value is -3.21. The van der Waals surface area contributed by atoms with Crippen molar-refractivity contribution in [2.75, 3.05) is 14.2 Å². The van der Waals surface area contributed by atoms with Crippen molar-refractivity contribution in [2.45, 2.75) is 6.54 Å². The summed E-state index contributed by atoms with van der Waals surface area (Å²) in [7, 11) is 3.12. The number of Topliss-reactive ketones (excluding diaryl/α,β-unsaturated/α-hetero) is 1. The van der Waals surface area contributed by atoms with E-state index in [4.69, 9.17) is 9.47 Å². The van der Waals surface area contributed by atoms with Gasteiger partial charge in [-0.2, -0.15) is 4.57 Å². The minimum Gasteiger partial charge on any atom is -0.493 e. The molecule has 2 heterocycles. The average Bonchev–Trinajstić information content (AvgIpc) is 2.68. The fraction of sp³-hybridized carbons (Fsp3) is 0.150. The maximum atomic E-state index is 12.7. The van der Waals surface area contributed by atoms with Crippen molar-refractivity contribution in [3.05, 3.63) is 72.6 Å². The second kappa shape index (κ2) is 7.57. The van der Waals surface area contributed by atoms with Crippen molar-refractivity contribution < 1.29 is 18.8 Å². The standard InChI is InChI=1S/C20H19N2O3/c1-24-19-10-9-15(13-20(19)25-2)18(23)14-22-12-6-4-8-17(22)16-7-3-5-11-21-16/h3-13H,14H2,1-2H3/q+1. The third kappa shape index (κ3) is 3.66. The van der Waals surface area contributed by atoms with Gasteiger partial charge in [0, 0.05) is 23.9 Å². The van der Waals surface area contributed by atoms with Gasteiger partial charge in [-0.15, -0.1) is 0 Å². The molecular formula is C20H19N2O3+. The molecular weight excluding hydrogens is 316 g/mol. The van der Waals surface area contributed by atoms with Crippen LogP contribution in [0.5, 0.6) is 11.5 Å². The van der Waals surface area contributed by atoms with Crippen LogP contribution in [0.2, 0.25) is 0 Å². The summed E-state index contributed by atoms with van der Waals surface area (Å²) in [6.45, 7) is 0.211. The molecule has 0 unspecified atom stereocenters. The fourth-order valence-electron chi connectivity index (χ4n) is 2.62. The van der Waals surface area contributed by atoms with Crippen LogP contribution in [0.25, 0.3) is 11.4 Å². The van der Waals surface area contributed by atoms with Crippen LogP contribution in [0, 0.1) is 0 Å². The molecule has 0 atom stereocenters. The van der Waals surface area contributed by atoms with Crippen molar-refractivity contribution in [2.24, 2.45) is 0 Å². The molecule has 3 rings (SSSR count). The minimum atomic E-state index is -0.0191. The summed E-state index contributed by atoms with van der Waals surface area (Å²) in [5, 5.41) is 0. The van der Waals surface area contributed by atoms with Gasteiger partial charge in [-0.05, 0) is 36.4 Å². The topological polar surface area (TPSA) is 52.3 Å². The molecule has 0 fully saturated rings. The predicted molar refractivity (Wildman–Crippen MR) is 93.7 cm³/mol. The number of carbonyl (C=O) groups excluding carboxylic acids is 1. The highest BCUT2D eigenvalue weighted by Crippen LogP contribution is 2.27. The van der Waals surface area contributed by atoms with E-state index in [2.05, 4.69) is 4.98 Å². The van der Waals surface area contributed by atoms with Gasteiger partial charge in [0.25, 0.3) is 0 Å². The van der Waals surface area contributed by atoms with Gasteiger partial charge in [0.2, 0.25) is 18.0 Å². The van der Waals surface area contributed by atoms with Crippen molar-refractivity contribution in [3.63, 3.8) is 0 Å². The molecule has 2 aromatic heterocycles. The van der Waals surface area contributed by atoms with Crippen molar-refractivity contribution in [1.29, 1.82) is 0 Å². The zero-order chi connectivity index (χ0) is 17.6. The van der Waals surface area contributed by atoms with E-state index in [1.165, 1.54) is 0 Å². The van der Waals surface area contributed by atoms with Crippen LogP contribution in [-0.2, 0) is 6.54 Å². The maximum absolute atomic E-state index is 12.7. The molecule has 3 aromatic rings. The van der Waals surface area contributed by atoms with Gasteiger partial charge in [0.05, 0.1) is 14.2 Å². The summed E-state index contributed by atoms with van der Waals surface area (Å²) in [6, 6.07) is 16.7. The molecule has 5 nitrogen and oxygen atoms in total. The number of ether oxygens (including phenoxy) is 2. The first-order valence-corrected chi connectivity index (χ1v) is 7.88. The fourth-order valence-corrected chi connectivity index (χ4v) is 2.62. The van der Waals surface area contributed by atoms with Gasteiger partial charge in [-0.25, -0.2) is 4.98 Å². The number of carbonyl (C=O) groups is 1. The van der Waals surface area contributed by atoms with Crippen molar-refractivity contribution in [1.82, 2.24) is 4.98 Å². The monoisotopic (exact) mass is 335 g/mol.